The second kappa shape index (κ2) is 7.52. The summed E-state index contributed by atoms with van der Waals surface area (Å²) in [4.78, 5) is 38.7. The van der Waals surface area contributed by atoms with Gasteiger partial charge in [-0.15, -0.1) is 11.3 Å². The zero-order valence-electron chi connectivity index (χ0n) is 15.7. The van der Waals surface area contributed by atoms with Crippen molar-refractivity contribution in [2.45, 2.75) is 6.61 Å². The molecule has 0 saturated heterocycles. The van der Waals surface area contributed by atoms with Crippen molar-refractivity contribution in [3.63, 3.8) is 0 Å². The van der Waals surface area contributed by atoms with E-state index in [1.807, 2.05) is 0 Å². The van der Waals surface area contributed by atoms with Crippen LogP contribution in [0.2, 0.25) is 0 Å². The van der Waals surface area contributed by atoms with Gasteiger partial charge >= 0.3 is 5.97 Å². The van der Waals surface area contributed by atoms with E-state index in [2.05, 4.69) is 0 Å². The molecule has 0 amide bonds. The molecule has 0 atom stereocenters. The van der Waals surface area contributed by atoms with Gasteiger partial charge in [0.15, 0.2) is 5.78 Å². The number of thiophene rings is 1. The van der Waals surface area contributed by atoms with E-state index >= 15 is 0 Å². The molecule has 0 bridgehead atoms. The van der Waals surface area contributed by atoms with E-state index in [4.69, 9.17) is 14.2 Å². The minimum Gasteiger partial charge on any atom is -0.497 e. The molecule has 3 aromatic rings. The summed E-state index contributed by atoms with van der Waals surface area (Å²) < 4.78 is 15.7. The quantitative estimate of drug-likeness (QED) is 0.466. The fourth-order valence-corrected chi connectivity index (χ4v) is 4.15. The Kier molecular flexibility index (Phi) is 4.90. The van der Waals surface area contributed by atoms with Crippen LogP contribution in [-0.4, -0.2) is 31.8 Å². The number of benzene rings is 2. The highest BCUT2D eigenvalue weighted by molar-refractivity contribution is 7.16. The zero-order chi connectivity index (χ0) is 20.5. The van der Waals surface area contributed by atoms with Crippen molar-refractivity contribution in [1.29, 1.82) is 0 Å². The van der Waals surface area contributed by atoms with Crippen LogP contribution in [-0.2, 0) is 11.3 Å². The van der Waals surface area contributed by atoms with Gasteiger partial charge in [0.1, 0.15) is 23.0 Å². The van der Waals surface area contributed by atoms with Crippen LogP contribution >= 0.6 is 11.3 Å². The van der Waals surface area contributed by atoms with Gasteiger partial charge in [-0.3, -0.25) is 9.59 Å². The summed E-state index contributed by atoms with van der Waals surface area (Å²) in [6.45, 7) is 0.0708. The molecule has 0 unspecified atom stereocenters. The van der Waals surface area contributed by atoms with Gasteiger partial charge in [0.2, 0.25) is 5.78 Å². The van der Waals surface area contributed by atoms with E-state index < -0.39 is 5.97 Å². The smallest absolute Gasteiger partial charge is 0.348 e. The van der Waals surface area contributed by atoms with Gasteiger partial charge in [-0.05, 0) is 29.8 Å². The summed E-state index contributed by atoms with van der Waals surface area (Å²) in [5, 5.41) is 0. The second-order valence-electron chi connectivity index (χ2n) is 6.32. The molecule has 0 aliphatic heterocycles. The number of carbonyl (C=O) groups excluding carboxylic acids is 3. The number of ketones is 2. The lowest BCUT2D eigenvalue weighted by molar-refractivity contribution is 0.0478. The van der Waals surface area contributed by atoms with Crippen molar-refractivity contribution in [2.24, 2.45) is 0 Å². The van der Waals surface area contributed by atoms with Crippen LogP contribution in [0, 0.1) is 0 Å². The number of ether oxygens (including phenoxy) is 3. The zero-order valence-corrected chi connectivity index (χ0v) is 16.5. The molecule has 1 aromatic heterocycles. The van der Waals surface area contributed by atoms with Crippen LogP contribution < -0.4 is 9.47 Å². The van der Waals surface area contributed by atoms with E-state index in [0.29, 0.717) is 11.5 Å². The largest absolute Gasteiger partial charge is 0.497 e. The van der Waals surface area contributed by atoms with Crippen molar-refractivity contribution < 1.29 is 28.6 Å². The highest BCUT2D eigenvalue weighted by Crippen LogP contribution is 2.37. The third-order valence-corrected chi connectivity index (χ3v) is 5.74. The third kappa shape index (κ3) is 3.30. The van der Waals surface area contributed by atoms with Gasteiger partial charge < -0.3 is 14.2 Å². The lowest BCUT2D eigenvalue weighted by atomic mass is 9.88. The predicted octanol–water partition coefficient (Wildman–Crippen LogP) is 3.90. The molecule has 29 heavy (non-hydrogen) atoms. The van der Waals surface area contributed by atoms with Crippen LogP contribution in [0.3, 0.4) is 0 Å². The first kappa shape index (κ1) is 18.9. The first-order valence-corrected chi connectivity index (χ1v) is 9.55. The number of carbonyl (C=O) groups is 3. The Morgan fingerprint density at radius 1 is 0.931 bits per heavy atom. The molecule has 7 heteroatoms. The monoisotopic (exact) mass is 408 g/mol. The lowest BCUT2D eigenvalue weighted by Crippen LogP contribution is -2.19. The number of methoxy groups -OCH3 is 2. The Balaban J connectivity index is 1.58. The van der Waals surface area contributed by atoms with Crippen molar-refractivity contribution in [3.05, 3.63) is 80.5 Å². The average molecular weight is 408 g/mol. The van der Waals surface area contributed by atoms with E-state index in [1.54, 1.807) is 49.6 Å². The van der Waals surface area contributed by atoms with Crippen LogP contribution in [0.25, 0.3) is 0 Å². The minimum atomic E-state index is -0.586. The predicted molar refractivity (Wildman–Crippen MR) is 106 cm³/mol. The van der Waals surface area contributed by atoms with E-state index in [1.165, 1.54) is 13.2 Å². The maximum atomic E-state index is 12.9. The molecule has 0 fully saturated rings. The maximum absolute atomic E-state index is 12.9. The number of rotatable bonds is 5. The highest BCUT2D eigenvalue weighted by Gasteiger charge is 2.35. The molecule has 146 valence electrons. The standard InChI is InChI=1S/C22H16O6S/c1-26-13-8-6-12(7-9-13)11-28-22(25)17-10-15-19(23)14-4-3-5-16(27-2)18(14)20(24)21(15)29-17/h3-10H,11H2,1-2H3. The topological polar surface area (TPSA) is 78.9 Å². The third-order valence-electron chi connectivity index (χ3n) is 4.63. The van der Waals surface area contributed by atoms with Crippen molar-refractivity contribution in [1.82, 2.24) is 0 Å². The molecule has 0 radical (unpaired) electrons. The van der Waals surface area contributed by atoms with Gasteiger partial charge in [-0.2, -0.15) is 0 Å². The molecule has 4 rings (SSSR count). The molecule has 0 N–H and O–H groups in total. The average Bonchev–Trinajstić information content (AvgIpc) is 3.22. The highest BCUT2D eigenvalue weighted by atomic mass is 32.1. The molecule has 0 saturated carbocycles. The number of esters is 1. The first-order valence-electron chi connectivity index (χ1n) is 8.73. The summed E-state index contributed by atoms with van der Waals surface area (Å²) in [6, 6.07) is 13.4. The first-order chi connectivity index (χ1) is 14.0. The van der Waals surface area contributed by atoms with Crippen molar-refractivity contribution in [3.8, 4) is 11.5 Å². The fourth-order valence-electron chi connectivity index (χ4n) is 3.15. The SMILES string of the molecule is COc1ccc(COC(=O)c2cc3c(s2)C(=O)c2c(OC)cccc2C3=O)cc1. The van der Waals surface area contributed by atoms with Crippen LogP contribution in [0.5, 0.6) is 11.5 Å². The number of hydrogen-bond donors (Lipinski definition) is 0. The molecular weight excluding hydrogens is 392 g/mol. The van der Waals surface area contributed by atoms with Gasteiger partial charge in [-0.1, -0.05) is 24.3 Å². The summed E-state index contributed by atoms with van der Waals surface area (Å²) in [6.07, 6.45) is 0. The Morgan fingerprint density at radius 3 is 2.38 bits per heavy atom. The second-order valence-corrected chi connectivity index (χ2v) is 7.37. The molecule has 1 aliphatic rings. The minimum absolute atomic E-state index is 0.0708. The van der Waals surface area contributed by atoms with E-state index in [0.717, 1.165) is 16.9 Å². The Labute approximate surface area is 170 Å². The summed E-state index contributed by atoms with van der Waals surface area (Å²) in [5.41, 5.74) is 1.52. The van der Waals surface area contributed by atoms with E-state index in [9.17, 15) is 14.4 Å². The lowest BCUT2D eigenvalue weighted by Gasteiger charge is -2.16. The van der Waals surface area contributed by atoms with Gasteiger partial charge in [0.05, 0.1) is 24.7 Å². The Bertz CT molecular complexity index is 1130. The Morgan fingerprint density at radius 2 is 1.69 bits per heavy atom. The fraction of sp³-hybridized carbons (Fsp3) is 0.136. The molecule has 2 aromatic carbocycles. The van der Waals surface area contributed by atoms with Crippen molar-refractivity contribution in [2.75, 3.05) is 14.2 Å². The van der Waals surface area contributed by atoms with E-state index in [-0.39, 0.29) is 44.6 Å². The molecule has 6 nitrogen and oxygen atoms in total. The molecule has 1 aliphatic carbocycles. The van der Waals surface area contributed by atoms with Crippen molar-refractivity contribution >= 4 is 28.9 Å². The van der Waals surface area contributed by atoms with Gasteiger partial charge in [0.25, 0.3) is 0 Å². The maximum Gasteiger partial charge on any atom is 0.348 e. The number of fused-ring (bicyclic) bond motifs is 2. The van der Waals surface area contributed by atoms with Crippen LogP contribution in [0.15, 0.2) is 48.5 Å². The molecule has 0 spiro atoms. The molecule has 1 heterocycles. The summed E-state index contributed by atoms with van der Waals surface area (Å²) in [5.74, 6) is -0.177. The summed E-state index contributed by atoms with van der Waals surface area (Å²) in [7, 11) is 3.02. The summed E-state index contributed by atoms with van der Waals surface area (Å²) >= 11 is 0.959. The van der Waals surface area contributed by atoms with Gasteiger partial charge in [0, 0.05) is 11.1 Å². The Hall–Kier alpha value is -3.45. The van der Waals surface area contributed by atoms with Crippen LogP contribution in [0.4, 0.5) is 0 Å². The molecular formula is C22H16O6S. The van der Waals surface area contributed by atoms with Crippen LogP contribution in [0.1, 0.15) is 46.4 Å². The normalized spacial score (nSPS) is 12.2. The number of hydrogen-bond acceptors (Lipinski definition) is 7. The van der Waals surface area contributed by atoms with Gasteiger partial charge in [-0.25, -0.2) is 4.79 Å².